The predicted octanol–water partition coefficient (Wildman–Crippen LogP) is 2.79. The molecule has 0 bridgehead atoms. The smallest absolute Gasteiger partial charge is 0.387 e. The summed E-state index contributed by atoms with van der Waals surface area (Å²) in [7, 11) is 0. The summed E-state index contributed by atoms with van der Waals surface area (Å²) in [6.45, 7) is 0. The largest absolute Gasteiger partial charge is 0.416 e. The van der Waals surface area contributed by atoms with E-state index in [9.17, 15) is 22.7 Å². The maximum Gasteiger partial charge on any atom is 0.416 e. The fourth-order valence-corrected chi connectivity index (χ4v) is 1.17. The molecule has 1 aromatic carbocycles. The Labute approximate surface area is 88.7 Å². The predicted molar refractivity (Wildman–Crippen MR) is 46.6 cm³/mol. The molecule has 1 unspecified atom stereocenters. The summed E-state index contributed by atoms with van der Waals surface area (Å²) < 4.78 is 49.7. The summed E-state index contributed by atoms with van der Waals surface area (Å²) in [5.41, 5.74) is -1.44. The van der Waals surface area contributed by atoms with Crippen LogP contribution in [0.5, 0.6) is 0 Å². The van der Waals surface area contributed by atoms with Crippen molar-refractivity contribution >= 4 is 0 Å². The molecule has 86 valence electrons. The van der Waals surface area contributed by atoms with Gasteiger partial charge in [-0.25, -0.2) is 4.39 Å². The van der Waals surface area contributed by atoms with Gasteiger partial charge < -0.3 is 5.11 Å². The first-order valence-electron chi connectivity index (χ1n) is 4.27. The van der Waals surface area contributed by atoms with Crippen LogP contribution >= 0.6 is 0 Å². The molecule has 2 nitrogen and oxygen atoms in total. The molecule has 0 aliphatic rings. The van der Waals surface area contributed by atoms with Crippen molar-refractivity contribution in [1.29, 1.82) is 5.26 Å². The average Bonchev–Trinajstić information content (AvgIpc) is 2.16. The minimum absolute atomic E-state index is 0.256. The van der Waals surface area contributed by atoms with Crippen LogP contribution in [0.25, 0.3) is 0 Å². The Morgan fingerprint density at radius 2 is 1.94 bits per heavy atom. The Hall–Kier alpha value is -1.61. The van der Waals surface area contributed by atoms with E-state index in [1.54, 1.807) is 6.07 Å². The van der Waals surface area contributed by atoms with Crippen LogP contribution in [0, 0.1) is 17.1 Å². The highest BCUT2D eigenvalue weighted by molar-refractivity contribution is 5.28. The fraction of sp³-hybridized carbons (Fsp3) is 0.300. The van der Waals surface area contributed by atoms with Crippen molar-refractivity contribution in [3.8, 4) is 6.07 Å². The van der Waals surface area contributed by atoms with Crippen molar-refractivity contribution < 1.29 is 22.7 Å². The zero-order chi connectivity index (χ0) is 12.3. The van der Waals surface area contributed by atoms with Gasteiger partial charge in [-0.2, -0.15) is 18.4 Å². The standard InChI is InChI=1S/C10H7F4NO/c11-8-4-6(9(16)1-2-15)3-7(5-8)10(12,13)14/h3-5,9,16H,1H2. The molecule has 1 atom stereocenters. The van der Waals surface area contributed by atoms with Gasteiger partial charge in [-0.05, 0) is 23.8 Å². The topological polar surface area (TPSA) is 44.0 Å². The first-order chi connectivity index (χ1) is 7.34. The van der Waals surface area contributed by atoms with E-state index < -0.39 is 23.7 Å². The van der Waals surface area contributed by atoms with Crippen LogP contribution in [0.4, 0.5) is 17.6 Å². The van der Waals surface area contributed by atoms with Crippen LogP contribution in [-0.2, 0) is 6.18 Å². The van der Waals surface area contributed by atoms with Gasteiger partial charge in [0.15, 0.2) is 0 Å². The molecule has 0 saturated carbocycles. The number of rotatable bonds is 2. The van der Waals surface area contributed by atoms with Crippen LogP contribution < -0.4 is 0 Å². The van der Waals surface area contributed by atoms with E-state index in [4.69, 9.17) is 5.26 Å². The van der Waals surface area contributed by atoms with Crippen molar-refractivity contribution in [3.05, 3.63) is 35.1 Å². The van der Waals surface area contributed by atoms with Gasteiger partial charge in [0.2, 0.25) is 0 Å². The van der Waals surface area contributed by atoms with E-state index in [-0.39, 0.29) is 12.0 Å². The molecule has 16 heavy (non-hydrogen) atoms. The molecular formula is C10H7F4NO. The molecule has 0 aliphatic carbocycles. The first kappa shape index (κ1) is 12.5. The summed E-state index contributed by atoms with van der Waals surface area (Å²) in [6.07, 6.45) is -6.48. The number of nitriles is 1. The molecule has 1 N–H and O–H groups in total. The lowest BCUT2D eigenvalue weighted by Crippen LogP contribution is -2.08. The van der Waals surface area contributed by atoms with E-state index in [0.29, 0.717) is 12.1 Å². The highest BCUT2D eigenvalue weighted by Gasteiger charge is 2.31. The van der Waals surface area contributed by atoms with E-state index in [1.807, 2.05) is 0 Å². The van der Waals surface area contributed by atoms with Gasteiger partial charge in [0.05, 0.1) is 24.2 Å². The molecule has 0 heterocycles. The maximum absolute atomic E-state index is 12.9. The Morgan fingerprint density at radius 3 is 2.44 bits per heavy atom. The van der Waals surface area contributed by atoms with Crippen LogP contribution in [0.15, 0.2) is 18.2 Å². The van der Waals surface area contributed by atoms with Crippen molar-refractivity contribution in [2.24, 2.45) is 0 Å². The number of nitrogens with zero attached hydrogens (tertiary/aromatic N) is 1. The molecule has 1 aromatic rings. The van der Waals surface area contributed by atoms with Gasteiger partial charge in [0.25, 0.3) is 0 Å². The third-order valence-electron chi connectivity index (χ3n) is 1.92. The van der Waals surface area contributed by atoms with Crippen LogP contribution in [-0.4, -0.2) is 5.11 Å². The number of aliphatic hydroxyl groups is 1. The SMILES string of the molecule is N#CCC(O)c1cc(F)cc(C(F)(F)F)c1. The van der Waals surface area contributed by atoms with Gasteiger partial charge in [-0.3, -0.25) is 0 Å². The number of hydrogen-bond donors (Lipinski definition) is 1. The van der Waals surface area contributed by atoms with Gasteiger partial charge in [0, 0.05) is 0 Å². The second kappa shape index (κ2) is 4.49. The zero-order valence-electron chi connectivity index (χ0n) is 7.92. The molecule has 0 aliphatic heterocycles. The van der Waals surface area contributed by atoms with Crippen molar-refractivity contribution in [3.63, 3.8) is 0 Å². The lowest BCUT2D eigenvalue weighted by Gasteiger charge is -2.11. The van der Waals surface area contributed by atoms with Crippen molar-refractivity contribution in [1.82, 2.24) is 0 Å². The van der Waals surface area contributed by atoms with Gasteiger partial charge in [-0.15, -0.1) is 0 Å². The fourth-order valence-electron chi connectivity index (χ4n) is 1.17. The van der Waals surface area contributed by atoms with Crippen LogP contribution in [0.3, 0.4) is 0 Å². The van der Waals surface area contributed by atoms with Crippen LogP contribution in [0.1, 0.15) is 23.7 Å². The Kier molecular flexibility index (Phi) is 3.50. The Morgan fingerprint density at radius 1 is 1.31 bits per heavy atom. The number of halogens is 4. The number of alkyl halides is 3. The minimum Gasteiger partial charge on any atom is -0.387 e. The number of aliphatic hydroxyl groups excluding tert-OH is 1. The molecule has 0 aromatic heterocycles. The molecule has 1 rings (SSSR count). The normalized spacial score (nSPS) is 13.2. The number of benzene rings is 1. The quantitative estimate of drug-likeness (QED) is 0.798. The Bertz CT molecular complexity index is 422. The highest BCUT2D eigenvalue weighted by atomic mass is 19.4. The number of hydrogen-bond acceptors (Lipinski definition) is 2. The third-order valence-corrected chi connectivity index (χ3v) is 1.92. The lowest BCUT2D eigenvalue weighted by atomic mass is 10.0. The summed E-state index contributed by atoms with van der Waals surface area (Å²) in [5, 5.41) is 17.5. The molecule has 6 heteroatoms. The average molecular weight is 233 g/mol. The molecule has 0 amide bonds. The van der Waals surface area contributed by atoms with Gasteiger partial charge >= 0.3 is 6.18 Å². The monoisotopic (exact) mass is 233 g/mol. The lowest BCUT2D eigenvalue weighted by molar-refractivity contribution is -0.137. The van der Waals surface area contributed by atoms with Gasteiger partial charge in [0.1, 0.15) is 5.82 Å². The molecule has 0 radical (unpaired) electrons. The summed E-state index contributed by atoms with van der Waals surface area (Å²) in [6, 6.07) is 3.33. The maximum atomic E-state index is 12.9. The molecule has 0 spiro atoms. The molecule has 0 saturated heterocycles. The minimum atomic E-state index is -4.68. The zero-order valence-corrected chi connectivity index (χ0v) is 7.92. The summed E-state index contributed by atoms with van der Waals surface area (Å²) in [4.78, 5) is 0. The summed E-state index contributed by atoms with van der Waals surface area (Å²) in [5.74, 6) is -1.10. The Balaban J connectivity index is 3.14. The van der Waals surface area contributed by atoms with E-state index >= 15 is 0 Å². The third kappa shape index (κ3) is 2.94. The van der Waals surface area contributed by atoms with Gasteiger partial charge in [-0.1, -0.05) is 0 Å². The van der Waals surface area contributed by atoms with Crippen molar-refractivity contribution in [2.75, 3.05) is 0 Å². The first-order valence-corrected chi connectivity index (χ1v) is 4.27. The molecule has 0 fully saturated rings. The molecular weight excluding hydrogens is 226 g/mol. The van der Waals surface area contributed by atoms with Crippen molar-refractivity contribution in [2.45, 2.75) is 18.7 Å². The second-order valence-electron chi connectivity index (χ2n) is 3.15. The van der Waals surface area contributed by atoms with E-state index in [2.05, 4.69) is 0 Å². The van der Waals surface area contributed by atoms with Crippen LogP contribution in [0.2, 0.25) is 0 Å². The summed E-state index contributed by atoms with van der Waals surface area (Å²) >= 11 is 0. The van der Waals surface area contributed by atoms with E-state index in [0.717, 1.165) is 6.07 Å². The second-order valence-corrected chi connectivity index (χ2v) is 3.15. The van der Waals surface area contributed by atoms with E-state index in [1.165, 1.54) is 0 Å². The highest BCUT2D eigenvalue weighted by Crippen LogP contribution is 2.32.